The van der Waals surface area contributed by atoms with Gasteiger partial charge < -0.3 is 0 Å². The van der Waals surface area contributed by atoms with Crippen LogP contribution in [0.1, 0.15) is 44.4 Å². The minimum atomic E-state index is 0.464. The van der Waals surface area contributed by atoms with E-state index in [9.17, 15) is 0 Å². The molecule has 1 aromatic heterocycles. The highest BCUT2D eigenvalue weighted by atomic mass is 14.8. The molecule has 0 saturated carbocycles. The molecule has 76 valence electrons. The van der Waals surface area contributed by atoms with Crippen molar-refractivity contribution in [3.8, 4) is 0 Å². The van der Waals surface area contributed by atoms with E-state index in [1.54, 1.807) is 0 Å². The van der Waals surface area contributed by atoms with Crippen LogP contribution in [-0.2, 0) is 0 Å². The predicted octanol–water partition coefficient (Wildman–Crippen LogP) is 3.63. The Balaban J connectivity index is 3.02. The summed E-state index contributed by atoms with van der Waals surface area (Å²) in [5.74, 6) is 0.464. The van der Waals surface area contributed by atoms with E-state index in [0.29, 0.717) is 5.92 Å². The van der Waals surface area contributed by atoms with E-state index in [2.05, 4.69) is 36.8 Å². The van der Waals surface area contributed by atoms with Gasteiger partial charge in [-0.05, 0) is 30.9 Å². The number of hydrogen-bond acceptors (Lipinski definition) is 2. The highest BCUT2D eigenvalue weighted by Gasteiger charge is 2.03. The first-order chi connectivity index (χ1) is 6.65. The number of aliphatic imine (C=N–C) groups is 1. The van der Waals surface area contributed by atoms with Crippen molar-refractivity contribution in [2.75, 3.05) is 0 Å². The van der Waals surface area contributed by atoms with Crippen LogP contribution in [-0.4, -0.2) is 11.2 Å². The maximum Gasteiger partial charge on any atom is 0.0688 e. The Morgan fingerprint density at radius 3 is 2.79 bits per heavy atom. The number of nitrogens with zero attached hydrogens (tertiary/aromatic N) is 2. The molecule has 1 heterocycles. The average Bonchev–Trinajstić information content (AvgIpc) is 2.16. The highest BCUT2D eigenvalue weighted by molar-refractivity contribution is 5.64. The first kappa shape index (κ1) is 10.9. The summed E-state index contributed by atoms with van der Waals surface area (Å²) in [4.78, 5) is 8.77. The van der Waals surface area contributed by atoms with Crippen molar-refractivity contribution < 1.29 is 0 Å². The molecule has 0 spiro atoms. The molecule has 2 nitrogen and oxygen atoms in total. The zero-order valence-corrected chi connectivity index (χ0v) is 9.41. The lowest BCUT2D eigenvalue weighted by molar-refractivity contribution is 0.821. The summed E-state index contributed by atoms with van der Waals surface area (Å²) >= 11 is 0. The minimum Gasteiger partial charge on any atom is -0.261 e. The fourth-order valence-electron chi connectivity index (χ4n) is 1.17. The van der Waals surface area contributed by atoms with Gasteiger partial charge in [-0.25, -0.2) is 0 Å². The van der Waals surface area contributed by atoms with Crippen LogP contribution >= 0.6 is 0 Å². The Kier molecular flexibility index (Phi) is 3.81. The van der Waals surface area contributed by atoms with Gasteiger partial charge in [0.1, 0.15) is 0 Å². The summed E-state index contributed by atoms with van der Waals surface area (Å²) in [6.45, 7) is 8.42. The summed E-state index contributed by atoms with van der Waals surface area (Å²) in [7, 11) is 0. The largest absolute Gasteiger partial charge is 0.261 e. The predicted molar refractivity (Wildman–Crippen MR) is 61.5 cm³/mol. The lowest BCUT2D eigenvalue weighted by Gasteiger charge is -2.06. The molecule has 0 saturated heterocycles. The fraction of sp³-hybridized carbons (Fsp3) is 0.500. The van der Waals surface area contributed by atoms with Gasteiger partial charge in [0.2, 0.25) is 0 Å². The SMILES string of the molecule is CCC=Nc1cc(C(C)C)ncc1C. The number of pyridine rings is 1. The van der Waals surface area contributed by atoms with Crippen LogP contribution in [0.4, 0.5) is 5.69 Å². The summed E-state index contributed by atoms with van der Waals surface area (Å²) < 4.78 is 0. The van der Waals surface area contributed by atoms with E-state index in [1.165, 1.54) is 0 Å². The van der Waals surface area contributed by atoms with Crippen molar-refractivity contribution >= 4 is 11.9 Å². The quantitative estimate of drug-likeness (QED) is 0.668. The van der Waals surface area contributed by atoms with E-state index < -0.39 is 0 Å². The fourth-order valence-corrected chi connectivity index (χ4v) is 1.17. The summed E-state index contributed by atoms with van der Waals surface area (Å²) in [6, 6.07) is 2.08. The van der Waals surface area contributed by atoms with Gasteiger partial charge in [-0.15, -0.1) is 0 Å². The van der Waals surface area contributed by atoms with Gasteiger partial charge in [0.15, 0.2) is 0 Å². The first-order valence-electron chi connectivity index (χ1n) is 5.14. The van der Waals surface area contributed by atoms with Gasteiger partial charge in [0, 0.05) is 18.1 Å². The van der Waals surface area contributed by atoms with Crippen LogP contribution in [0, 0.1) is 6.92 Å². The van der Waals surface area contributed by atoms with Crippen molar-refractivity contribution in [2.45, 2.75) is 40.0 Å². The third-order valence-electron chi connectivity index (χ3n) is 2.10. The van der Waals surface area contributed by atoms with Gasteiger partial charge in [-0.2, -0.15) is 0 Å². The molecular formula is C12H18N2. The van der Waals surface area contributed by atoms with E-state index in [4.69, 9.17) is 0 Å². The maximum absolute atomic E-state index is 4.40. The molecule has 0 aliphatic rings. The van der Waals surface area contributed by atoms with Crippen LogP contribution in [0.3, 0.4) is 0 Å². The van der Waals surface area contributed by atoms with Crippen molar-refractivity contribution in [1.82, 2.24) is 4.98 Å². The third kappa shape index (κ3) is 2.66. The number of aromatic nitrogens is 1. The van der Waals surface area contributed by atoms with E-state index in [0.717, 1.165) is 23.4 Å². The van der Waals surface area contributed by atoms with Crippen LogP contribution < -0.4 is 0 Å². The zero-order valence-electron chi connectivity index (χ0n) is 9.41. The van der Waals surface area contributed by atoms with Crippen LogP contribution in [0.25, 0.3) is 0 Å². The Labute approximate surface area is 86.1 Å². The Hall–Kier alpha value is -1.18. The molecule has 0 amide bonds. The molecule has 0 aliphatic carbocycles. The second-order valence-corrected chi connectivity index (χ2v) is 3.77. The van der Waals surface area contributed by atoms with Crippen molar-refractivity contribution in [3.63, 3.8) is 0 Å². The minimum absolute atomic E-state index is 0.464. The second-order valence-electron chi connectivity index (χ2n) is 3.77. The number of hydrogen-bond donors (Lipinski definition) is 0. The zero-order chi connectivity index (χ0) is 10.6. The third-order valence-corrected chi connectivity index (χ3v) is 2.10. The highest BCUT2D eigenvalue weighted by Crippen LogP contribution is 2.21. The molecule has 0 aromatic carbocycles. The van der Waals surface area contributed by atoms with Gasteiger partial charge in [0.25, 0.3) is 0 Å². The van der Waals surface area contributed by atoms with Crippen molar-refractivity contribution in [2.24, 2.45) is 4.99 Å². The lowest BCUT2D eigenvalue weighted by atomic mass is 10.1. The molecule has 0 unspecified atom stereocenters. The van der Waals surface area contributed by atoms with Crippen molar-refractivity contribution in [3.05, 3.63) is 23.5 Å². The standard InChI is InChI=1S/C12H18N2/c1-5-6-13-12-7-11(9(2)3)14-8-10(12)4/h6-9H,5H2,1-4H3. The molecule has 1 rings (SSSR count). The molecule has 0 atom stereocenters. The smallest absolute Gasteiger partial charge is 0.0688 e. The van der Waals surface area contributed by atoms with Crippen LogP contribution in [0.2, 0.25) is 0 Å². The lowest BCUT2D eigenvalue weighted by Crippen LogP contribution is -1.92. The van der Waals surface area contributed by atoms with Gasteiger partial charge >= 0.3 is 0 Å². The average molecular weight is 190 g/mol. The number of aryl methyl sites for hydroxylation is 1. The number of rotatable bonds is 3. The topological polar surface area (TPSA) is 25.2 Å². The van der Waals surface area contributed by atoms with Crippen LogP contribution in [0.5, 0.6) is 0 Å². The second kappa shape index (κ2) is 4.89. The van der Waals surface area contributed by atoms with Crippen LogP contribution in [0.15, 0.2) is 17.3 Å². The van der Waals surface area contributed by atoms with E-state index >= 15 is 0 Å². The van der Waals surface area contributed by atoms with E-state index in [-0.39, 0.29) is 0 Å². The molecule has 14 heavy (non-hydrogen) atoms. The summed E-state index contributed by atoms with van der Waals surface area (Å²) in [6.07, 6.45) is 4.81. The maximum atomic E-state index is 4.40. The molecule has 0 fully saturated rings. The Bertz CT molecular complexity index is 327. The van der Waals surface area contributed by atoms with Gasteiger partial charge in [-0.3, -0.25) is 9.98 Å². The summed E-state index contributed by atoms with van der Waals surface area (Å²) in [5, 5.41) is 0. The van der Waals surface area contributed by atoms with E-state index in [1.807, 2.05) is 19.3 Å². The molecular weight excluding hydrogens is 172 g/mol. The molecule has 2 heteroatoms. The summed E-state index contributed by atoms with van der Waals surface area (Å²) in [5.41, 5.74) is 3.29. The Morgan fingerprint density at radius 1 is 1.50 bits per heavy atom. The molecule has 0 radical (unpaired) electrons. The van der Waals surface area contributed by atoms with Crippen molar-refractivity contribution in [1.29, 1.82) is 0 Å². The Morgan fingerprint density at radius 2 is 2.21 bits per heavy atom. The van der Waals surface area contributed by atoms with Gasteiger partial charge in [0.05, 0.1) is 5.69 Å². The van der Waals surface area contributed by atoms with Gasteiger partial charge in [-0.1, -0.05) is 20.8 Å². The monoisotopic (exact) mass is 190 g/mol. The molecule has 0 N–H and O–H groups in total. The molecule has 0 bridgehead atoms. The molecule has 1 aromatic rings. The first-order valence-corrected chi connectivity index (χ1v) is 5.14. The normalized spacial score (nSPS) is 11.5. The molecule has 0 aliphatic heterocycles.